The second kappa shape index (κ2) is 9.64. The molecule has 8 nitrogen and oxygen atoms in total. The van der Waals surface area contributed by atoms with Crippen molar-refractivity contribution in [2.45, 2.75) is 32.5 Å². The van der Waals surface area contributed by atoms with Gasteiger partial charge >= 0.3 is 0 Å². The number of carbonyl (C=O) groups excluding carboxylic acids is 1. The second-order valence-electron chi connectivity index (χ2n) is 8.51. The number of fused-ring (bicyclic) bond motifs is 2. The van der Waals surface area contributed by atoms with Crippen molar-refractivity contribution in [1.82, 2.24) is 14.8 Å². The molecule has 0 aliphatic carbocycles. The van der Waals surface area contributed by atoms with Crippen LogP contribution in [-0.2, 0) is 6.54 Å². The third-order valence-corrected chi connectivity index (χ3v) is 6.30. The lowest BCUT2D eigenvalue weighted by Crippen LogP contribution is -2.49. The highest BCUT2D eigenvalue weighted by Crippen LogP contribution is 2.33. The first kappa shape index (κ1) is 22.8. The van der Waals surface area contributed by atoms with Crippen LogP contribution in [0.15, 0.2) is 34.9 Å². The Kier molecular flexibility index (Phi) is 6.88. The van der Waals surface area contributed by atoms with Crippen LogP contribution in [-0.4, -0.2) is 71.5 Å². The number of aliphatic hydroxyl groups excluding tert-OH is 1. The monoisotopic (exact) mass is 505 g/mol. The van der Waals surface area contributed by atoms with Crippen molar-refractivity contribution in [3.05, 3.63) is 46.1 Å². The lowest BCUT2D eigenvalue weighted by molar-refractivity contribution is 0.0325. The first-order valence-corrected chi connectivity index (χ1v) is 11.5. The highest BCUT2D eigenvalue weighted by molar-refractivity contribution is 9.10. The van der Waals surface area contributed by atoms with E-state index in [0.29, 0.717) is 35.6 Å². The van der Waals surface area contributed by atoms with Crippen LogP contribution in [0.25, 0.3) is 0 Å². The molecular weight excluding hydrogens is 478 g/mol. The average molecular weight is 506 g/mol. The number of benzene rings is 1. The zero-order chi connectivity index (χ0) is 22.8. The van der Waals surface area contributed by atoms with Crippen molar-refractivity contribution in [3.8, 4) is 17.4 Å². The molecule has 0 bridgehead atoms. The predicted molar refractivity (Wildman–Crippen MR) is 122 cm³/mol. The van der Waals surface area contributed by atoms with Crippen LogP contribution in [0.2, 0.25) is 0 Å². The molecule has 1 amide bonds. The molecule has 32 heavy (non-hydrogen) atoms. The van der Waals surface area contributed by atoms with E-state index in [4.69, 9.17) is 14.2 Å². The van der Waals surface area contributed by atoms with Gasteiger partial charge in [0.05, 0.1) is 12.6 Å². The number of hydrogen-bond donors (Lipinski definition) is 1. The van der Waals surface area contributed by atoms with E-state index in [1.54, 1.807) is 17.2 Å². The van der Waals surface area contributed by atoms with Gasteiger partial charge in [0.25, 0.3) is 5.91 Å². The molecule has 0 unspecified atom stereocenters. The van der Waals surface area contributed by atoms with Crippen molar-refractivity contribution < 1.29 is 24.1 Å². The maximum absolute atomic E-state index is 13.2. The van der Waals surface area contributed by atoms with Gasteiger partial charge in [0.2, 0.25) is 12.7 Å². The van der Waals surface area contributed by atoms with E-state index in [9.17, 15) is 9.90 Å². The number of amides is 1. The maximum Gasteiger partial charge on any atom is 0.259 e. The van der Waals surface area contributed by atoms with Gasteiger partial charge in [-0.05, 0) is 53.7 Å². The Labute approximate surface area is 196 Å². The van der Waals surface area contributed by atoms with Gasteiger partial charge in [-0.3, -0.25) is 9.69 Å². The summed E-state index contributed by atoms with van der Waals surface area (Å²) in [7, 11) is 2.04. The predicted octanol–water partition coefficient (Wildman–Crippen LogP) is 2.92. The summed E-state index contributed by atoms with van der Waals surface area (Å²) in [6.45, 7) is 5.89. The molecule has 0 fully saturated rings. The van der Waals surface area contributed by atoms with Crippen LogP contribution in [0.5, 0.6) is 17.4 Å². The van der Waals surface area contributed by atoms with Gasteiger partial charge in [-0.2, -0.15) is 0 Å². The summed E-state index contributed by atoms with van der Waals surface area (Å²) in [5.41, 5.74) is 1.51. The van der Waals surface area contributed by atoms with Gasteiger partial charge in [-0.25, -0.2) is 4.98 Å². The Morgan fingerprint density at radius 2 is 2.09 bits per heavy atom. The number of aromatic nitrogens is 1. The van der Waals surface area contributed by atoms with Crippen molar-refractivity contribution in [1.29, 1.82) is 0 Å². The molecule has 1 aromatic carbocycles. The summed E-state index contributed by atoms with van der Waals surface area (Å²) >= 11 is 3.40. The number of hydrogen-bond acceptors (Lipinski definition) is 7. The Balaban J connectivity index is 1.54. The van der Waals surface area contributed by atoms with E-state index in [2.05, 4.69) is 32.7 Å². The highest BCUT2D eigenvalue weighted by Gasteiger charge is 2.34. The molecule has 1 aromatic heterocycles. The fourth-order valence-electron chi connectivity index (χ4n) is 4.02. The Hall–Kier alpha value is -2.36. The molecule has 172 valence electrons. The number of rotatable bonds is 6. The molecule has 0 saturated heterocycles. The molecule has 2 aliphatic heterocycles. The molecule has 1 N–H and O–H groups in total. The average Bonchev–Trinajstić information content (AvgIpc) is 3.24. The van der Waals surface area contributed by atoms with Crippen LogP contribution in [0.3, 0.4) is 0 Å². The molecule has 0 saturated carbocycles. The van der Waals surface area contributed by atoms with Crippen LogP contribution < -0.4 is 14.2 Å². The number of ether oxygens (including phenoxy) is 3. The summed E-state index contributed by atoms with van der Waals surface area (Å²) in [5, 5.41) is 9.72. The second-order valence-corrected chi connectivity index (χ2v) is 9.43. The standard InChI is InChI=1S/C23H28BrN3O5/c1-14-9-27(15(2)12-28)23(29)18-7-17(24)8-25-22(18)32-21(14)11-26(3)10-16-4-5-19-20(6-16)31-13-30-19/h4-8,14-15,21,28H,9-13H2,1-3H3/t14-,15+,21+/m1/s1. The minimum absolute atomic E-state index is 0.0331. The third kappa shape index (κ3) is 4.84. The number of pyridine rings is 1. The van der Waals surface area contributed by atoms with E-state index in [1.165, 1.54) is 0 Å². The van der Waals surface area contributed by atoms with Crippen molar-refractivity contribution in [2.75, 3.05) is 33.5 Å². The first-order chi connectivity index (χ1) is 15.4. The van der Waals surface area contributed by atoms with E-state index in [1.807, 2.05) is 32.2 Å². The molecule has 2 aromatic rings. The van der Waals surface area contributed by atoms with Crippen molar-refractivity contribution in [2.24, 2.45) is 5.92 Å². The Morgan fingerprint density at radius 3 is 2.88 bits per heavy atom. The summed E-state index contributed by atoms with van der Waals surface area (Å²) in [4.78, 5) is 21.5. The summed E-state index contributed by atoms with van der Waals surface area (Å²) in [6, 6.07) is 7.38. The summed E-state index contributed by atoms with van der Waals surface area (Å²) in [6.07, 6.45) is 1.44. The molecule has 0 spiro atoms. The van der Waals surface area contributed by atoms with Crippen molar-refractivity contribution in [3.63, 3.8) is 0 Å². The van der Waals surface area contributed by atoms with E-state index in [0.717, 1.165) is 17.1 Å². The largest absolute Gasteiger partial charge is 0.472 e. The molecule has 4 rings (SSSR count). The third-order valence-electron chi connectivity index (χ3n) is 5.87. The number of likely N-dealkylation sites (N-methyl/N-ethyl adjacent to an activating group) is 1. The van der Waals surface area contributed by atoms with Gasteiger partial charge in [0.15, 0.2) is 11.5 Å². The topological polar surface area (TPSA) is 84.4 Å². The fraction of sp³-hybridized carbons (Fsp3) is 0.478. The van der Waals surface area contributed by atoms with Crippen LogP contribution >= 0.6 is 15.9 Å². The number of aliphatic hydroxyl groups is 1. The van der Waals surface area contributed by atoms with Gasteiger partial charge in [0, 0.05) is 36.2 Å². The Bertz CT molecular complexity index is 988. The smallest absolute Gasteiger partial charge is 0.259 e. The molecule has 9 heteroatoms. The van der Waals surface area contributed by atoms with Gasteiger partial charge in [-0.1, -0.05) is 13.0 Å². The Morgan fingerprint density at radius 1 is 1.31 bits per heavy atom. The van der Waals surface area contributed by atoms with Gasteiger partial charge in [0.1, 0.15) is 11.7 Å². The zero-order valence-corrected chi connectivity index (χ0v) is 20.0. The number of halogens is 1. The fourth-order valence-corrected chi connectivity index (χ4v) is 4.35. The molecule has 3 atom stereocenters. The van der Waals surface area contributed by atoms with Gasteiger partial charge in [-0.15, -0.1) is 0 Å². The molecule has 0 radical (unpaired) electrons. The number of carbonyl (C=O) groups is 1. The maximum atomic E-state index is 13.2. The lowest BCUT2D eigenvalue weighted by Gasteiger charge is -2.37. The molecule has 2 aliphatic rings. The quantitative estimate of drug-likeness (QED) is 0.645. The minimum Gasteiger partial charge on any atom is -0.472 e. The van der Waals surface area contributed by atoms with E-state index in [-0.39, 0.29) is 37.4 Å². The summed E-state index contributed by atoms with van der Waals surface area (Å²) in [5.74, 6) is 1.70. The molecule has 3 heterocycles. The normalized spacial score (nSPS) is 21.1. The lowest BCUT2D eigenvalue weighted by atomic mass is 10.00. The van der Waals surface area contributed by atoms with E-state index >= 15 is 0 Å². The first-order valence-electron chi connectivity index (χ1n) is 10.7. The highest BCUT2D eigenvalue weighted by atomic mass is 79.9. The van der Waals surface area contributed by atoms with Gasteiger partial charge < -0.3 is 24.2 Å². The SMILES string of the molecule is C[C@@H]1CN([C@@H](C)CO)C(=O)c2cc(Br)cnc2O[C@H]1CN(C)Cc1ccc2c(c1)OCO2. The van der Waals surface area contributed by atoms with Crippen LogP contribution in [0.1, 0.15) is 29.8 Å². The molecular formula is C23H28BrN3O5. The minimum atomic E-state index is -0.304. The van der Waals surface area contributed by atoms with Crippen molar-refractivity contribution >= 4 is 21.8 Å². The van der Waals surface area contributed by atoms with Crippen LogP contribution in [0, 0.1) is 5.92 Å². The van der Waals surface area contributed by atoms with Crippen LogP contribution in [0.4, 0.5) is 0 Å². The van der Waals surface area contributed by atoms with E-state index < -0.39 is 0 Å². The summed E-state index contributed by atoms with van der Waals surface area (Å²) < 4.78 is 17.9. The number of nitrogens with zero attached hydrogens (tertiary/aromatic N) is 3. The zero-order valence-electron chi connectivity index (χ0n) is 18.5.